The molecule has 0 aliphatic rings. The van der Waals surface area contributed by atoms with Crippen LogP contribution in [0.5, 0.6) is 0 Å². The van der Waals surface area contributed by atoms with Gasteiger partial charge in [-0.1, -0.05) is 28.1 Å². The van der Waals surface area contributed by atoms with Crippen LogP contribution in [0.3, 0.4) is 0 Å². The Morgan fingerprint density at radius 3 is 2.24 bits per heavy atom. The first-order valence-electron chi connectivity index (χ1n) is 6.02. The molecular weight excluding hydrogens is 378 g/mol. The molecule has 0 bridgehead atoms. The summed E-state index contributed by atoms with van der Waals surface area (Å²) in [5.74, 6) is -0.854. The van der Waals surface area contributed by atoms with Gasteiger partial charge in [-0.25, -0.2) is 16.8 Å². The number of anilines is 1. The molecule has 0 heterocycles. The number of halogens is 1. The molecule has 1 N–H and O–H groups in total. The van der Waals surface area contributed by atoms with Crippen LogP contribution in [0.15, 0.2) is 40.9 Å². The summed E-state index contributed by atoms with van der Waals surface area (Å²) in [6.07, 6.45) is 1.01. The van der Waals surface area contributed by atoms with Gasteiger partial charge in [0.15, 0.2) is 0 Å². The SMILES string of the molecule is CS(=O)(=O)CCS(=O)(=O)Nc1ccc2cc(Br)ccc2c1. The highest BCUT2D eigenvalue weighted by Crippen LogP contribution is 2.23. The molecule has 0 aromatic heterocycles. The van der Waals surface area contributed by atoms with Crippen LogP contribution in [0.4, 0.5) is 5.69 Å². The van der Waals surface area contributed by atoms with Crippen LogP contribution in [-0.2, 0) is 19.9 Å². The van der Waals surface area contributed by atoms with E-state index in [9.17, 15) is 16.8 Å². The van der Waals surface area contributed by atoms with Gasteiger partial charge in [0, 0.05) is 16.4 Å². The Hall–Kier alpha value is -1.12. The highest BCUT2D eigenvalue weighted by Gasteiger charge is 2.14. The van der Waals surface area contributed by atoms with Crippen LogP contribution in [0, 0.1) is 0 Å². The number of hydrogen-bond donors (Lipinski definition) is 1. The van der Waals surface area contributed by atoms with E-state index in [1.54, 1.807) is 18.2 Å². The summed E-state index contributed by atoms with van der Waals surface area (Å²) in [4.78, 5) is 0. The lowest BCUT2D eigenvalue weighted by atomic mass is 10.1. The maximum absolute atomic E-state index is 11.9. The molecule has 0 unspecified atom stereocenters. The number of benzene rings is 2. The van der Waals surface area contributed by atoms with Gasteiger partial charge in [-0.05, 0) is 35.0 Å². The largest absolute Gasteiger partial charge is 0.284 e. The van der Waals surface area contributed by atoms with Gasteiger partial charge in [-0.15, -0.1) is 0 Å². The van der Waals surface area contributed by atoms with Crippen LogP contribution < -0.4 is 4.72 Å². The van der Waals surface area contributed by atoms with E-state index in [4.69, 9.17) is 0 Å². The van der Waals surface area contributed by atoms with Crippen molar-refractivity contribution in [2.75, 3.05) is 22.5 Å². The minimum Gasteiger partial charge on any atom is -0.284 e. The number of sulfone groups is 1. The van der Waals surface area contributed by atoms with E-state index in [0.29, 0.717) is 5.69 Å². The Labute approximate surface area is 132 Å². The van der Waals surface area contributed by atoms with Crippen molar-refractivity contribution in [3.63, 3.8) is 0 Å². The van der Waals surface area contributed by atoms with E-state index in [1.807, 2.05) is 18.2 Å². The first-order chi connectivity index (χ1) is 9.65. The van der Waals surface area contributed by atoms with Crippen LogP contribution in [0.1, 0.15) is 0 Å². The summed E-state index contributed by atoms with van der Waals surface area (Å²) in [5.41, 5.74) is 0.415. The van der Waals surface area contributed by atoms with Crippen molar-refractivity contribution in [1.82, 2.24) is 0 Å². The summed E-state index contributed by atoms with van der Waals surface area (Å²) >= 11 is 3.37. The second-order valence-electron chi connectivity index (χ2n) is 4.76. The first kappa shape index (κ1) is 16.3. The molecule has 2 aromatic rings. The Bertz CT molecular complexity index is 876. The molecule has 2 rings (SSSR count). The second kappa shape index (κ2) is 5.94. The monoisotopic (exact) mass is 391 g/mol. The average molecular weight is 392 g/mol. The fourth-order valence-electron chi connectivity index (χ4n) is 1.77. The summed E-state index contributed by atoms with van der Waals surface area (Å²) < 4.78 is 49.1. The molecule has 21 heavy (non-hydrogen) atoms. The fourth-order valence-corrected chi connectivity index (χ4v) is 4.83. The smallest absolute Gasteiger partial charge is 0.233 e. The maximum atomic E-state index is 11.9. The molecule has 0 spiro atoms. The predicted molar refractivity (Wildman–Crippen MR) is 88.8 cm³/mol. The zero-order valence-corrected chi connectivity index (χ0v) is 14.4. The van der Waals surface area contributed by atoms with E-state index in [-0.39, 0.29) is 0 Å². The zero-order chi connectivity index (χ0) is 15.7. The number of hydrogen-bond acceptors (Lipinski definition) is 4. The van der Waals surface area contributed by atoms with Gasteiger partial charge < -0.3 is 0 Å². The molecule has 0 saturated carbocycles. The van der Waals surface area contributed by atoms with Gasteiger partial charge in [0.2, 0.25) is 10.0 Å². The molecular formula is C13H14BrNO4S2. The van der Waals surface area contributed by atoms with Gasteiger partial charge in [0.05, 0.1) is 11.5 Å². The molecule has 8 heteroatoms. The van der Waals surface area contributed by atoms with Crippen LogP contribution >= 0.6 is 15.9 Å². The summed E-state index contributed by atoms with van der Waals surface area (Å²) in [5, 5.41) is 1.87. The quantitative estimate of drug-likeness (QED) is 0.848. The minimum atomic E-state index is -3.68. The minimum absolute atomic E-state index is 0.400. The van der Waals surface area contributed by atoms with E-state index in [0.717, 1.165) is 21.5 Å². The summed E-state index contributed by atoms with van der Waals surface area (Å²) in [6, 6.07) is 10.8. The maximum Gasteiger partial charge on any atom is 0.233 e. The standard InChI is InChI=1S/C13H14BrNO4S2/c1-20(16,17)6-7-21(18,19)15-13-5-3-10-8-12(14)4-2-11(10)9-13/h2-5,8-9,15H,6-7H2,1H3. The van der Waals surface area contributed by atoms with Crippen molar-refractivity contribution in [1.29, 1.82) is 0 Å². The molecule has 0 radical (unpaired) electrons. The summed E-state index contributed by atoms with van der Waals surface area (Å²) in [7, 11) is -7.00. The molecule has 0 aliphatic heterocycles. The van der Waals surface area contributed by atoms with Gasteiger partial charge >= 0.3 is 0 Å². The Kier molecular flexibility index (Phi) is 4.60. The van der Waals surface area contributed by atoms with Crippen molar-refractivity contribution in [2.45, 2.75) is 0 Å². The average Bonchev–Trinajstić information content (AvgIpc) is 2.36. The third-order valence-corrected chi connectivity index (χ3v) is 5.78. The van der Waals surface area contributed by atoms with Crippen molar-refractivity contribution in [3.05, 3.63) is 40.9 Å². The molecule has 0 fully saturated rings. The number of fused-ring (bicyclic) bond motifs is 1. The van der Waals surface area contributed by atoms with E-state index >= 15 is 0 Å². The Balaban J connectivity index is 2.21. The highest BCUT2D eigenvalue weighted by molar-refractivity contribution is 9.10. The number of sulfonamides is 1. The van der Waals surface area contributed by atoms with Crippen LogP contribution in [0.25, 0.3) is 10.8 Å². The molecule has 0 amide bonds. The molecule has 0 aliphatic carbocycles. The topological polar surface area (TPSA) is 80.3 Å². The van der Waals surface area contributed by atoms with Gasteiger partial charge in [-0.2, -0.15) is 0 Å². The van der Waals surface area contributed by atoms with E-state index in [1.165, 1.54) is 0 Å². The molecule has 114 valence electrons. The highest BCUT2D eigenvalue weighted by atomic mass is 79.9. The van der Waals surface area contributed by atoms with Crippen LogP contribution in [-0.4, -0.2) is 34.6 Å². The van der Waals surface area contributed by atoms with Gasteiger partial charge in [0.25, 0.3) is 0 Å². The van der Waals surface area contributed by atoms with Gasteiger partial charge in [0.1, 0.15) is 9.84 Å². The second-order valence-corrected chi connectivity index (χ2v) is 9.77. The fraction of sp³-hybridized carbons (Fsp3) is 0.231. The molecule has 5 nitrogen and oxygen atoms in total. The van der Waals surface area contributed by atoms with Crippen molar-refractivity contribution >= 4 is 52.3 Å². The van der Waals surface area contributed by atoms with Crippen molar-refractivity contribution in [2.24, 2.45) is 0 Å². The van der Waals surface area contributed by atoms with E-state index < -0.39 is 31.4 Å². The predicted octanol–water partition coefficient (Wildman–Crippen LogP) is 2.39. The normalized spacial score (nSPS) is 12.5. The number of nitrogens with one attached hydrogen (secondary N) is 1. The Morgan fingerprint density at radius 1 is 0.952 bits per heavy atom. The lowest BCUT2D eigenvalue weighted by Gasteiger charge is -2.08. The third kappa shape index (κ3) is 4.98. The number of rotatable bonds is 5. The molecule has 0 atom stereocenters. The summed E-state index contributed by atoms with van der Waals surface area (Å²) in [6.45, 7) is 0. The Morgan fingerprint density at radius 2 is 1.57 bits per heavy atom. The van der Waals surface area contributed by atoms with E-state index in [2.05, 4.69) is 20.7 Å². The lowest BCUT2D eigenvalue weighted by Crippen LogP contribution is -2.22. The van der Waals surface area contributed by atoms with Crippen LogP contribution in [0.2, 0.25) is 0 Å². The van der Waals surface area contributed by atoms with Gasteiger partial charge in [-0.3, -0.25) is 4.72 Å². The molecule has 0 saturated heterocycles. The zero-order valence-electron chi connectivity index (χ0n) is 11.2. The lowest BCUT2D eigenvalue weighted by molar-refractivity contribution is 0.593. The third-order valence-electron chi connectivity index (χ3n) is 2.80. The molecule has 2 aromatic carbocycles. The van der Waals surface area contributed by atoms with Crippen molar-refractivity contribution < 1.29 is 16.8 Å². The first-order valence-corrected chi connectivity index (χ1v) is 10.5. The van der Waals surface area contributed by atoms with Crippen molar-refractivity contribution in [3.8, 4) is 0 Å².